The molecule has 0 bridgehead atoms. The first-order valence-electron chi connectivity index (χ1n) is 8.94. The molecule has 0 radical (unpaired) electrons. The van der Waals surface area contributed by atoms with Crippen LogP contribution in [0.1, 0.15) is 12.5 Å². The monoisotopic (exact) mass is 398 g/mol. The molecule has 0 aliphatic heterocycles. The lowest BCUT2D eigenvalue weighted by molar-refractivity contribution is -0.147. The molecule has 7 nitrogen and oxygen atoms in total. The van der Waals surface area contributed by atoms with Crippen LogP contribution in [0, 0.1) is 6.92 Å². The lowest BCUT2D eigenvalue weighted by atomic mass is 10.1. The summed E-state index contributed by atoms with van der Waals surface area (Å²) in [5, 5.41) is 0.354. The Kier molecular flexibility index (Phi) is 5.77. The highest BCUT2D eigenvalue weighted by atomic mass is 16.6. The molecule has 7 heteroatoms. The van der Waals surface area contributed by atoms with Crippen LogP contribution in [0.2, 0.25) is 0 Å². The third-order valence-electron chi connectivity index (χ3n) is 4.48. The van der Waals surface area contributed by atoms with Gasteiger partial charge in [0.15, 0.2) is 23.4 Å². The van der Waals surface area contributed by atoms with E-state index in [-0.39, 0.29) is 16.9 Å². The van der Waals surface area contributed by atoms with Crippen molar-refractivity contribution in [2.24, 2.45) is 0 Å². The summed E-state index contributed by atoms with van der Waals surface area (Å²) in [5.74, 6) is 0.493. The number of aryl methyl sites for hydroxylation is 1. The van der Waals surface area contributed by atoms with Crippen LogP contribution in [-0.4, -0.2) is 33.4 Å². The predicted octanol–water partition coefficient (Wildman–Crippen LogP) is 3.73. The van der Waals surface area contributed by atoms with Gasteiger partial charge in [-0.15, -0.1) is 0 Å². The fourth-order valence-corrected chi connectivity index (χ4v) is 2.95. The zero-order valence-corrected chi connectivity index (χ0v) is 16.9. The van der Waals surface area contributed by atoms with E-state index in [1.807, 2.05) is 13.0 Å². The molecule has 152 valence electrons. The first kappa shape index (κ1) is 20.3. The third-order valence-corrected chi connectivity index (χ3v) is 4.48. The second-order valence-corrected chi connectivity index (χ2v) is 6.44. The number of rotatable bonds is 6. The van der Waals surface area contributed by atoms with Crippen molar-refractivity contribution in [3.8, 4) is 28.6 Å². The Morgan fingerprint density at radius 3 is 2.38 bits per heavy atom. The number of benzene rings is 2. The fraction of sp³-hybridized carbons (Fsp3) is 0.273. The van der Waals surface area contributed by atoms with Gasteiger partial charge in [0.1, 0.15) is 5.58 Å². The van der Waals surface area contributed by atoms with Crippen LogP contribution in [-0.2, 0) is 9.53 Å². The third kappa shape index (κ3) is 3.89. The van der Waals surface area contributed by atoms with Crippen molar-refractivity contribution in [3.05, 3.63) is 52.2 Å². The van der Waals surface area contributed by atoms with Crippen LogP contribution in [0.4, 0.5) is 0 Å². The SMILES string of the molecule is COC(=O)C(C)Oc1c(-c2ccc(OC)c(OC)c2)oc2cc(C)ccc2c1=O. The van der Waals surface area contributed by atoms with E-state index in [0.717, 1.165) is 5.56 Å². The maximum atomic E-state index is 13.2. The van der Waals surface area contributed by atoms with Crippen LogP contribution >= 0.6 is 0 Å². The minimum absolute atomic E-state index is 0.0773. The average Bonchev–Trinajstić information content (AvgIpc) is 2.73. The lowest BCUT2D eigenvalue weighted by Crippen LogP contribution is -2.27. The molecule has 0 aliphatic rings. The summed E-state index contributed by atoms with van der Waals surface area (Å²) >= 11 is 0. The molecule has 1 atom stereocenters. The molecule has 29 heavy (non-hydrogen) atoms. The number of hydrogen-bond donors (Lipinski definition) is 0. The highest BCUT2D eigenvalue weighted by Gasteiger charge is 2.24. The van der Waals surface area contributed by atoms with Crippen LogP contribution in [0.5, 0.6) is 17.2 Å². The highest BCUT2D eigenvalue weighted by Crippen LogP contribution is 2.37. The van der Waals surface area contributed by atoms with Gasteiger partial charge in [-0.05, 0) is 49.7 Å². The summed E-state index contributed by atoms with van der Waals surface area (Å²) in [7, 11) is 4.30. The molecule has 0 fully saturated rings. The summed E-state index contributed by atoms with van der Waals surface area (Å²) in [4.78, 5) is 25.0. The summed E-state index contributed by atoms with van der Waals surface area (Å²) in [6.45, 7) is 3.41. The summed E-state index contributed by atoms with van der Waals surface area (Å²) < 4.78 is 27.1. The summed E-state index contributed by atoms with van der Waals surface area (Å²) in [6.07, 6.45) is -0.996. The quantitative estimate of drug-likeness (QED) is 0.585. The molecule has 3 rings (SSSR count). The number of hydrogen-bond acceptors (Lipinski definition) is 7. The Morgan fingerprint density at radius 2 is 1.72 bits per heavy atom. The lowest BCUT2D eigenvalue weighted by Gasteiger charge is -2.16. The number of ether oxygens (including phenoxy) is 4. The van der Waals surface area contributed by atoms with Crippen molar-refractivity contribution in [2.45, 2.75) is 20.0 Å². The molecule has 0 N–H and O–H groups in total. The van der Waals surface area contributed by atoms with Crippen molar-refractivity contribution < 1.29 is 28.2 Å². The van der Waals surface area contributed by atoms with E-state index in [4.69, 9.17) is 23.4 Å². The van der Waals surface area contributed by atoms with Crippen molar-refractivity contribution in [1.82, 2.24) is 0 Å². The summed E-state index contributed by atoms with van der Waals surface area (Å²) in [6, 6.07) is 10.3. The molecule has 1 aromatic heterocycles. The normalized spacial score (nSPS) is 11.8. The van der Waals surface area contributed by atoms with Crippen molar-refractivity contribution >= 4 is 16.9 Å². The van der Waals surface area contributed by atoms with Gasteiger partial charge in [0.2, 0.25) is 11.2 Å². The Hall–Kier alpha value is -3.48. The number of methoxy groups -OCH3 is 3. The highest BCUT2D eigenvalue weighted by molar-refractivity contribution is 5.83. The second kappa shape index (κ2) is 8.26. The van der Waals surface area contributed by atoms with Gasteiger partial charge >= 0.3 is 5.97 Å². The average molecular weight is 398 g/mol. The van der Waals surface area contributed by atoms with Crippen LogP contribution in [0.15, 0.2) is 45.6 Å². The van der Waals surface area contributed by atoms with Crippen molar-refractivity contribution in [1.29, 1.82) is 0 Å². The smallest absolute Gasteiger partial charge is 0.346 e. The number of esters is 1. The maximum Gasteiger partial charge on any atom is 0.346 e. The second-order valence-electron chi connectivity index (χ2n) is 6.44. The molecule has 0 saturated heterocycles. The number of carbonyl (C=O) groups is 1. The van der Waals surface area contributed by atoms with Gasteiger partial charge in [-0.25, -0.2) is 4.79 Å². The molecule has 2 aromatic carbocycles. The van der Waals surface area contributed by atoms with E-state index in [0.29, 0.717) is 28.0 Å². The minimum Gasteiger partial charge on any atom is -0.493 e. The molecule has 0 saturated carbocycles. The zero-order chi connectivity index (χ0) is 21.1. The first-order valence-corrected chi connectivity index (χ1v) is 8.94. The standard InChI is InChI=1S/C22H22O7/c1-12-6-8-15-17(10-12)29-20(14-7-9-16(25-3)18(11-14)26-4)21(19(15)23)28-13(2)22(24)27-5/h6-11,13H,1-5H3. The van der Waals surface area contributed by atoms with E-state index in [1.54, 1.807) is 30.3 Å². The Labute approximate surface area is 167 Å². The van der Waals surface area contributed by atoms with Crippen LogP contribution < -0.4 is 19.6 Å². The van der Waals surface area contributed by atoms with Gasteiger partial charge in [0, 0.05) is 5.56 Å². The van der Waals surface area contributed by atoms with Crippen LogP contribution in [0.25, 0.3) is 22.3 Å². The Balaban J connectivity index is 2.27. The Morgan fingerprint density at radius 1 is 1.00 bits per heavy atom. The molecule has 0 spiro atoms. The van der Waals surface area contributed by atoms with E-state index in [9.17, 15) is 9.59 Å². The summed E-state index contributed by atoms with van der Waals surface area (Å²) in [5.41, 5.74) is 1.51. The Bertz CT molecular complexity index is 1110. The number of fused-ring (bicyclic) bond motifs is 1. The largest absolute Gasteiger partial charge is 0.493 e. The predicted molar refractivity (Wildman–Crippen MR) is 108 cm³/mol. The van der Waals surface area contributed by atoms with E-state index in [1.165, 1.54) is 28.3 Å². The molecule has 1 unspecified atom stereocenters. The van der Waals surface area contributed by atoms with Gasteiger partial charge in [0.25, 0.3) is 0 Å². The zero-order valence-electron chi connectivity index (χ0n) is 16.9. The molecular formula is C22H22O7. The molecule has 0 aliphatic carbocycles. The van der Waals surface area contributed by atoms with E-state index < -0.39 is 12.1 Å². The van der Waals surface area contributed by atoms with E-state index in [2.05, 4.69) is 0 Å². The number of carbonyl (C=O) groups excluding carboxylic acids is 1. The molecule has 1 heterocycles. The fourth-order valence-electron chi connectivity index (χ4n) is 2.95. The van der Waals surface area contributed by atoms with Crippen molar-refractivity contribution in [3.63, 3.8) is 0 Å². The molecule has 3 aromatic rings. The van der Waals surface area contributed by atoms with Gasteiger partial charge in [-0.1, -0.05) is 6.07 Å². The topological polar surface area (TPSA) is 84.2 Å². The molecule has 0 amide bonds. The van der Waals surface area contributed by atoms with Gasteiger partial charge < -0.3 is 23.4 Å². The van der Waals surface area contributed by atoms with Gasteiger partial charge in [0.05, 0.1) is 26.7 Å². The first-order chi connectivity index (χ1) is 13.9. The minimum atomic E-state index is -0.996. The van der Waals surface area contributed by atoms with E-state index >= 15 is 0 Å². The maximum absolute atomic E-state index is 13.2. The van der Waals surface area contributed by atoms with Gasteiger partial charge in [-0.2, -0.15) is 0 Å². The molecular weight excluding hydrogens is 376 g/mol. The van der Waals surface area contributed by atoms with Crippen molar-refractivity contribution in [2.75, 3.05) is 21.3 Å². The van der Waals surface area contributed by atoms with Gasteiger partial charge in [-0.3, -0.25) is 4.79 Å². The van der Waals surface area contributed by atoms with Crippen LogP contribution in [0.3, 0.4) is 0 Å².